The zero-order valence-electron chi connectivity index (χ0n) is 20.4. The van der Waals surface area contributed by atoms with Gasteiger partial charge in [0.05, 0.1) is 0 Å². The Morgan fingerprint density at radius 1 is 0.938 bits per heavy atom. The average Bonchev–Trinajstić information content (AvgIpc) is 2.78. The number of nitrogens with zero attached hydrogens (tertiary/aromatic N) is 1. The number of rotatable bonds is 11. The van der Waals surface area contributed by atoms with E-state index in [1.165, 1.54) is 5.56 Å². The molecule has 2 rings (SSSR count). The molecule has 0 saturated carbocycles. The van der Waals surface area contributed by atoms with E-state index in [2.05, 4.69) is 19.2 Å². The van der Waals surface area contributed by atoms with Crippen LogP contribution in [0.15, 0.2) is 48.5 Å². The number of carbonyl (C=O) groups is 2. The first-order valence-corrected chi connectivity index (χ1v) is 11.6. The van der Waals surface area contributed by atoms with E-state index < -0.39 is 6.04 Å². The third-order valence-corrected chi connectivity index (χ3v) is 5.77. The summed E-state index contributed by atoms with van der Waals surface area (Å²) in [6.07, 6.45) is 1.37. The van der Waals surface area contributed by atoms with Gasteiger partial charge in [-0.05, 0) is 55.9 Å². The first kappa shape index (κ1) is 25.4. The van der Waals surface area contributed by atoms with Crippen molar-refractivity contribution >= 4 is 11.8 Å². The highest BCUT2D eigenvalue weighted by Crippen LogP contribution is 2.19. The summed E-state index contributed by atoms with van der Waals surface area (Å²) >= 11 is 0. The molecule has 0 aliphatic carbocycles. The summed E-state index contributed by atoms with van der Waals surface area (Å²) in [5.74, 6) is 0.758. The predicted octanol–water partition coefficient (Wildman–Crippen LogP) is 5.22. The van der Waals surface area contributed by atoms with Crippen molar-refractivity contribution in [2.24, 2.45) is 0 Å². The molecular weight excluding hydrogens is 400 g/mol. The molecule has 5 nitrogen and oxygen atoms in total. The second kappa shape index (κ2) is 12.3. The van der Waals surface area contributed by atoms with Gasteiger partial charge in [0.2, 0.25) is 5.91 Å². The molecule has 2 aromatic carbocycles. The lowest BCUT2D eigenvalue weighted by Gasteiger charge is -2.31. The summed E-state index contributed by atoms with van der Waals surface area (Å²) < 4.78 is 5.79. The minimum atomic E-state index is -0.551. The maximum absolute atomic E-state index is 13.2. The van der Waals surface area contributed by atoms with Crippen LogP contribution in [0.4, 0.5) is 0 Å². The molecule has 5 heteroatoms. The summed E-state index contributed by atoms with van der Waals surface area (Å²) in [6, 6.07) is 15.4. The fourth-order valence-electron chi connectivity index (χ4n) is 3.43. The third kappa shape index (κ3) is 7.40. The molecule has 2 atom stereocenters. The Morgan fingerprint density at radius 2 is 1.56 bits per heavy atom. The Kier molecular flexibility index (Phi) is 9.76. The Hall–Kier alpha value is -2.82. The maximum atomic E-state index is 13.2. The third-order valence-electron chi connectivity index (χ3n) is 5.77. The number of hydrogen-bond donors (Lipinski definition) is 1. The lowest BCUT2D eigenvalue weighted by atomic mass is 10.0. The topological polar surface area (TPSA) is 58.6 Å². The van der Waals surface area contributed by atoms with Crippen molar-refractivity contribution in [3.63, 3.8) is 0 Å². The smallest absolute Gasteiger partial charge is 0.261 e. The molecule has 32 heavy (non-hydrogen) atoms. The van der Waals surface area contributed by atoms with Crippen molar-refractivity contribution in [3.8, 4) is 5.75 Å². The molecule has 2 aromatic rings. The van der Waals surface area contributed by atoms with E-state index >= 15 is 0 Å². The van der Waals surface area contributed by atoms with Gasteiger partial charge in [-0.1, -0.05) is 69.7 Å². The average molecular weight is 439 g/mol. The van der Waals surface area contributed by atoms with E-state index in [9.17, 15) is 9.59 Å². The van der Waals surface area contributed by atoms with Crippen LogP contribution in [-0.2, 0) is 16.1 Å². The molecule has 1 N–H and O–H groups in total. The van der Waals surface area contributed by atoms with Crippen LogP contribution in [0.5, 0.6) is 5.75 Å². The predicted molar refractivity (Wildman–Crippen MR) is 130 cm³/mol. The molecule has 174 valence electrons. The van der Waals surface area contributed by atoms with Crippen LogP contribution in [-0.4, -0.2) is 35.4 Å². The van der Waals surface area contributed by atoms with Gasteiger partial charge >= 0.3 is 0 Å². The van der Waals surface area contributed by atoms with Crippen molar-refractivity contribution in [1.82, 2.24) is 10.2 Å². The summed E-state index contributed by atoms with van der Waals surface area (Å²) in [4.78, 5) is 27.9. The van der Waals surface area contributed by atoms with Gasteiger partial charge in [0, 0.05) is 12.6 Å². The van der Waals surface area contributed by atoms with Crippen molar-refractivity contribution in [1.29, 1.82) is 0 Å². The lowest BCUT2D eigenvalue weighted by Crippen LogP contribution is -2.51. The van der Waals surface area contributed by atoms with Crippen LogP contribution < -0.4 is 10.1 Å². The van der Waals surface area contributed by atoms with E-state index in [0.717, 1.165) is 17.5 Å². The first-order chi connectivity index (χ1) is 15.2. The quantitative estimate of drug-likeness (QED) is 0.523. The monoisotopic (exact) mass is 438 g/mol. The van der Waals surface area contributed by atoms with Gasteiger partial charge in [-0.15, -0.1) is 0 Å². The number of hydrogen-bond acceptors (Lipinski definition) is 3. The van der Waals surface area contributed by atoms with Gasteiger partial charge in [0.15, 0.2) is 6.61 Å². The molecule has 0 bridgehead atoms. The number of benzene rings is 2. The fraction of sp³-hybridized carbons (Fsp3) is 0.481. The molecule has 2 amide bonds. The van der Waals surface area contributed by atoms with Crippen LogP contribution in [0.2, 0.25) is 0 Å². The fourth-order valence-corrected chi connectivity index (χ4v) is 3.43. The number of nitrogens with one attached hydrogen (secondary N) is 1. The number of aryl methyl sites for hydroxylation is 1. The van der Waals surface area contributed by atoms with Crippen molar-refractivity contribution < 1.29 is 14.3 Å². The van der Waals surface area contributed by atoms with Crippen LogP contribution in [0, 0.1) is 6.92 Å². The van der Waals surface area contributed by atoms with Crippen molar-refractivity contribution in [3.05, 3.63) is 65.2 Å². The minimum Gasteiger partial charge on any atom is -0.484 e. The van der Waals surface area contributed by atoms with E-state index in [1.54, 1.807) is 4.90 Å². The van der Waals surface area contributed by atoms with Gasteiger partial charge in [-0.3, -0.25) is 9.59 Å². The molecule has 0 aliphatic heterocycles. The molecule has 0 saturated heterocycles. The van der Waals surface area contributed by atoms with Crippen molar-refractivity contribution in [2.45, 2.75) is 78.9 Å². The number of carbonyl (C=O) groups excluding carboxylic acids is 2. The SMILES string of the molecule is CC[C@@H](C)NC(=O)[C@@H](CC)N(Cc1ccc(C)cc1)C(=O)COc1ccc(C(C)C)cc1. The van der Waals surface area contributed by atoms with E-state index in [4.69, 9.17) is 4.74 Å². The van der Waals surface area contributed by atoms with Crippen LogP contribution in [0.1, 0.15) is 70.1 Å². The minimum absolute atomic E-state index is 0.0589. The van der Waals surface area contributed by atoms with Crippen LogP contribution >= 0.6 is 0 Å². The zero-order chi connectivity index (χ0) is 23.7. The summed E-state index contributed by atoms with van der Waals surface area (Å²) in [5.41, 5.74) is 3.36. The van der Waals surface area contributed by atoms with Crippen molar-refractivity contribution in [2.75, 3.05) is 6.61 Å². The number of amides is 2. The highest BCUT2D eigenvalue weighted by atomic mass is 16.5. The van der Waals surface area contributed by atoms with Gasteiger partial charge in [-0.2, -0.15) is 0 Å². The van der Waals surface area contributed by atoms with Gasteiger partial charge in [-0.25, -0.2) is 0 Å². The van der Waals surface area contributed by atoms with Crippen LogP contribution in [0.25, 0.3) is 0 Å². The molecule has 0 aromatic heterocycles. The first-order valence-electron chi connectivity index (χ1n) is 11.6. The molecule has 0 unspecified atom stereocenters. The standard InChI is InChI=1S/C27H38N2O3/c1-7-21(6)28-27(31)25(8-2)29(17-22-11-9-20(5)10-12-22)26(30)18-32-24-15-13-23(14-16-24)19(3)4/h9-16,19,21,25H,7-8,17-18H2,1-6H3,(H,28,31)/t21-,25-/m1/s1. The summed E-state index contributed by atoms with van der Waals surface area (Å²) in [7, 11) is 0. The van der Waals surface area contributed by atoms with Gasteiger partial charge in [0.25, 0.3) is 5.91 Å². The second-order valence-electron chi connectivity index (χ2n) is 8.76. The Morgan fingerprint density at radius 3 is 2.09 bits per heavy atom. The maximum Gasteiger partial charge on any atom is 0.261 e. The Labute approximate surface area is 193 Å². The van der Waals surface area contributed by atoms with E-state index in [1.807, 2.05) is 76.2 Å². The second-order valence-corrected chi connectivity index (χ2v) is 8.76. The highest BCUT2D eigenvalue weighted by molar-refractivity contribution is 5.88. The van der Waals surface area contributed by atoms with Gasteiger partial charge < -0.3 is 15.0 Å². The van der Waals surface area contributed by atoms with Crippen LogP contribution in [0.3, 0.4) is 0 Å². The summed E-state index contributed by atoms with van der Waals surface area (Å²) in [6.45, 7) is 12.5. The Bertz CT molecular complexity index is 859. The lowest BCUT2D eigenvalue weighted by molar-refractivity contribution is -0.143. The zero-order valence-corrected chi connectivity index (χ0v) is 20.4. The summed E-state index contributed by atoms with van der Waals surface area (Å²) in [5, 5.41) is 3.03. The molecule has 0 spiro atoms. The van der Waals surface area contributed by atoms with E-state index in [-0.39, 0.29) is 24.5 Å². The highest BCUT2D eigenvalue weighted by Gasteiger charge is 2.29. The molecule has 0 heterocycles. The largest absolute Gasteiger partial charge is 0.484 e. The van der Waals surface area contributed by atoms with E-state index in [0.29, 0.717) is 24.6 Å². The molecular formula is C27H38N2O3. The molecule has 0 fully saturated rings. The normalized spacial score (nSPS) is 12.8. The number of ether oxygens (including phenoxy) is 1. The molecule has 0 radical (unpaired) electrons. The molecule has 0 aliphatic rings. The van der Waals surface area contributed by atoms with Gasteiger partial charge in [0.1, 0.15) is 11.8 Å². The Balaban J connectivity index is 2.18.